The summed E-state index contributed by atoms with van der Waals surface area (Å²) in [6.07, 6.45) is 3.48. The zero-order valence-electron chi connectivity index (χ0n) is 14.9. The van der Waals surface area contributed by atoms with Gasteiger partial charge in [-0.3, -0.25) is 0 Å². The summed E-state index contributed by atoms with van der Waals surface area (Å²) in [6.45, 7) is 3.99. The maximum Gasteiger partial charge on any atom is 0.410 e. The van der Waals surface area contributed by atoms with E-state index in [1.54, 1.807) is 6.20 Å². The maximum atomic E-state index is 12.6. The number of carbonyl (C=O) groups excluding carboxylic acids is 1. The van der Waals surface area contributed by atoms with Gasteiger partial charge in [0.05, 0.1) is 6.04 Å². The van der Waals surface area contributed by atoms with Gasteiger partial charge < -0.3 is 14.5 Å². The third-order valence-electron chi connectivity index (χ3n) is 4.70. The van der Waals surface area contributed by atoms with E-state index in [2.05, 4.69) is 22.9 Å². The van der Waals surface area contributed by atoms with Crippen molar-refractivity contribution in [1.29, 1.82) is 0 Å². The average Bonchev–Trinajstić information content (AvgIpc) is 3.16. The van der Waals surface area contributed by atoms with E-state index in [4.69, 9.17) is 4.74 Å². The van der Waals surface area contributed by atoms with Gasteiger partial charge in [-0.1, -0.05) is 36.4 Å². The summed E-state index contributed by atoms with van der Waals surface area (Å²) in [5.41, 5.74) is 2.10. The largest absolute Gasteiger partial charge is 0.445 e. The van der Waals surface area contributed by atoms with Gasteiger partial charge in [-0.15, -0.1) is 0 Å². The van der Waals surface area contributed by atoms with Crippen LogP contribution >= 0.6 is 0 Å². The zero-order valence-corrected chi connectivity index (χ0v) is 14.9. The molecule has 1 fully saturated rings. The average molecular weight is 339 g/mol. The van der Waals surface area contributed by atoms with Crippen LogP contribution in [0.2, 0.25) is 0 Å². The van der Waals surface area contributed by atoms with Crippen LogP contribution < -0.4 is 4.90 Å². The summed E-state index contributed by atoms with van der Waals surface area (Å²) >= 11 is 0. The lowest BCUT2D eigenvalue weighted by molar-refractivity contribution is 0.0921. The normalized spacial score (nSPS) is 16.7. The smallest absolute Gasteiger partial charge is 0.410 e. The van der Waals surface area contributed by atoms with Crippen LogP contribution in [0.4, 0.5) is 10.6 Å². The molecule has 0 aliphatic carbocycles. The number of hydrogen-bond donors (Lipinski definition) is 0. The Hall–Kier alpha value is -2.56. The number of anilines is 1. The van der Waals surface area contributed by atoms with Gasteiger partial charge in [-0.05, 0) is 31.4 Å². The molecule has 1 aliphatic heterocycles. The van der Waals surface area contributed by atoms with Crippen molar-refractivity contribution >= 4 is 11.9 Å². The molecule has 1 aromatic carbocycles. The van der Waals surface area contributed by atoms with Gasteiger partial charge >= 0.3 is 6.09 Å². The quantitative estimate of drug-likeness (QED) is 0.826. The van der Waals surface area contributed by atoms with E-state index in [9.17, 15) is 4.79 Å². The molecule has 0 N–H and O–H groups in total. The minimum absolute atomic E-state index is 0.0287. The molecule has 2 aromatic rings. The van der Waals surface area contributed by atoms with Gasteiger partial charge in [-0.2, -0.15) is 0 Å². The predicted molar refractivity (Wildman–Crippen MR) is 98.5 cm³/mol. The molecular weight excluding hydrogens is 314 g/mol. The summed E-state index contributed by atoms with van der Waals surface area (Å²) < 4.78 is 5.54. The summed E-state index contributed by atoms with van der Waals surface area (Å²) in [4.78, 5) is 21.1. The molecule has 0 saturated carbocycles. The first-order chi connectivity index (χ1) is 12.2. The zero-order chi connectivity index (χ0) is 17.6. The van der Waals surface area contributed by atoms with Crippen LogP contribution in [0.1, 0.15) is 36.9 Å². The van der Waals surface area contributed by atoms with Crippen molar-refractivity contribution in [2.24, 2.45) is 0 Å². The van der Waals surface area contributed by atoms with Gasteiger partial charge in [0.15, 0.2) is 0 Å². The fraction of sp³-hybridized carbons (Fsp3) is 0.400. The molecule has 1 saturated heterocycles. The number of amides is 1. The first-order valence-corrected chi connectivity index (χ1v) is 8.84. The molecule has 2 heterocycles. The Balaban J connectivity index is 1.73. The minimum atomic E-state index is -0.250. The van der Waals surface area contributed by atoms with Crippen LogP contribution in [0.15, 0.2) is 48.7 Å². The Kier molecular flexibility index (Phi) is 5.53. The summed E-state index contributed by atoms with van der Waals surface area (Å²) in [7, 11) is 2.03. The molecular formula is C20H25N3O2. The molecule has 0 spiro atoms. The van der Waals surface area contributed by atoms with Crippen LogP contribution in [0.5, 0.6) is 0 Å². The molecule has 0 bridgehead atoms. The van der Waals surface area contributed by atoms with Gasteiger partial charge in [0.1, 0.15) is 12.4 Å². The van der Waals surface area contributed by atoms with E-state index in [-0.39, 0.29) is 12.1 Å². The van der Waals surface area contributed by atoms with E-state index >= 15 is 0 Å². The van der Waals surface area contributed by atoms with Crippen LogP contribution in [-0.2, 0) is 11.3 Å². The molecule has 1 unspecified atom stereocenters. The summed E-state index contributed by atoms with van der Waals surface area (Å²) in [6, 6.07) is 13.8. The second-order valence-corrected chi connectivity index (χ2v) is 6.32. The highest BCUT2D eigenvalue weighted by molar-refractivity contribution is 5.69. The second kappa shape index (κ2) is 8.01. The third kappa shape index (κ3) is 3.92. The number of rotatable bonds is 5. The van der Waals surface area contributed by atoms with Crippen LogP contribution in [-0.4, -0.2) is 36.1 Å². The minimum Gasteiger partial charge on any atom is -0.445 e. The van der Waals surface area contributed by atoms with E-state index in [0.717, 1.165) is 42.9 Å². The number of likely N-dealkylation sites (tertiary alicyclic amines) is 1. The number of benzene rings is 1. The lowest BCUT2D eigenvalue weighted by Gasteiger charge is -2.28. The van der Waals surface area contributed by atoms with Crippen molar-refractivity contribution < 1.29 is 9.53 Å². The monoisotopic (exact) mass is 339 g/mol. The van der Waals surface area contributed by atoms with Crippen molar-refractivity contribution in [2.75, 3.05) is 25.0 Å². The molecule has 0 radical (unpaired) electrons. The highest BCUT2D eigenvalue weighted by atomic mass is 16.6. The Morgan fingerprint density at radius 3 is 2.84 bits per heavy atom. The first-order valence-electron chi connectivity index (χ1n) is 8.84. The highest BCUT2D eigenvalue weighted by Gasteiger charge is 2.33. The summed E-state index contributed by atoms with van der Waals surface area (Å²) in [5.74, 6) is 0.942. The summed E-state index contributed by atoms with van der Waals surface area (Å²) in [5, 5.41) is 0. The number of nitrogens with zero attached hydrogens (tertiary/aromatic N) is 3. The van der Waals surface area contributed by atoms with Crippen molar-refractivity contribution in [3.05, 3.63) is 59.8 Å². The van der Waals surface area contributed by atoms with Gasteiger partial charge in [0.25, 0.3) is 0 Å². The standard InChI is InChI=1S/C20H25N3O2/c1-3-22(2)19-17(11-7-13-21-19)18-12-8-14-23(18)20(24)25-15-16-9-5-4-6-10-16/h4-7,9-11,13,18H,3,8,12,14-15H2,1-2H3. The Labute approximate surface area is 149 Å². The number of ether oxygens (including phenoxy) is 1. The molecule has 25 heavy (non-hydrogen) atoms. The van der Waals surface area contributed by atoms with Gasteiger partial charge in [-0.25, -0.2) is 9.78 Å². The Morgan fingerprint density at radius 1 is 1.28 bits per heavy atom. The van der Waals surface area contributed by atoms with Crippen molar-refractivity contribution in [3.8, 4) is 0 Å². The number of hydrogen-bond acceptors (Lipinski definition) is 4. The van der Waals surface area contributed by atoms with Gasteiger partial charge in [0, 0.05) is 31.9 Å². The van der Waals surface area contributed by atoms with Crippen molar-refractivity contribution in [1.82, 2.24) is 9.88 Å². The number of carbonyl (C=O) groups is 1. The molecule has 132 valence electrons. The van der Waals surface area contributed by atoms with Gasteiger partial charge in [0.2, 0.25) is 0 Å². The van der Waals surface area contributed by atoms with E-state index in [1.165, 1.54) is 0 Å². The molecule has 5 heteroatoms. The molecule has 3 rings (SSSR count). The van der Waals surface area contributed by atoms with E-state index in [0.29, 0.717) is 6.61 Å². The molecule has 1 atom stereocenters. The lowest BCUT2D eigenvalue weighted by atomic mass is 10.1. The molecule has 1 aromatic heterocycles. The molecule has 1 amide bonds. The predicted octanol–water partition coefficient (Wildman–Crippen LogP) is 4.01. The van der Waals surface area contributed by atoms with Crippen molar-refractivity contribution in [2.45, 2.75) is 32.4 Å². The fourth-order valence-corrected chi connectivity index (χ4v) is 3.25. The number of aromatic nitrogens is 1. The fourth-order valence-electron chi connectivity index (χ4n) is 3.25. The van der Waals surface area contributed by atoms with Crippen LogP contribution in [0.25, 0.3) is 0 Å². The maximum absolute atomic E-state index is 12.6. The lowest BCUT2D eigenvalue weighted by Crippen LogP contribution is -2.32. The van der Waals surface area contributed by atoms with E-state index in [1.807, 2.05) is 48.3 Å². The van der Waals surface area contributed by atoms with Crippen LogP contribution in [0.3, 0.4) is 0 Å². The second-order valence-electron chi connectivity index (χ2n) is 6.32. The SMILES string of the molecule is CCN(C)c1ncccc1C1CCCN1C(=O)OCc1ccccc1. The molecule has 1 aliphatic rings. The van der Waals surface area contributed by atoms with Crippen LogP contribution in [0, 0.1) is 0 Å². The third-order valence-corrected chi connectivity index (χ3v) is 4.70. The van der Waals surface area contributed by atoms with E-state index < -0.39 is 0 Å². The topological polar surface area (TPSA) is 45.7 Å². The Morgan fingerprint density at radius 2 is 2.08 bits per heavy atom. The highest BCUT2D eigenvalue weighted by Crippen LogP contribution is 2.36. The number of pyridine rings is 1. The molecule has 5 nitrogen and oxygen atoms in total. The first kappa shape index (κ1) is 17.3. The Bertz CT molecular complexity index is 705. The van der Waals surface area contributed by atoms with Crippen molar-refractivity contribution in [3.63, 3.8) is 0 Å².